The fraction of sp³-hybridized carbons (Fsp3) is 0.583. The van der Waals surface area contributed by atoms with E-state index in [0.717, 1.165) is 25.4 Å². The number of nitrogen functional groups attached to an aromatic ring is 1. The van der Waals surface area contributed by atoms with Crippen molar-refractivity contribution in [2.45, 2.75) is 26.2 Å². The fourth-order valence-corrected chi connectivity index (χ4v) is 1.81. The summed E-state index contributed by atoms with van der Waals surface area (Å²) >= 11 is 0. The lowest BCUT2D eigenvalue weighted by Gasteiger charge is -2.22. The highest BCUT2D eigenvalue weighted by Gasteiger charge is 2.25. The van der Waals surface area contributed by atoms with Gasteiger partial charge in [0.1, 0.15) is 11.5 Å². The average Bonchev–Trinajstić information content (AvgIpc) is 3.12. The number of nitrogens with two attached hydrogens (primary N) is 1. The number of nitrogens with zero attached hydrogens (tertiary/aromatic N) is 3. The summed E-state index contributed by atoms with van der Waals surface area (Å²) in [6, 6.07) is 1.67. The topological polar surface area (TPSA) is 78.9 Å². The maximum Gasteiger partial charge on any atom is 0.225 e. The summed E-state index contributed by atoms with van der Waals surface area (Å²) in [5.41, 5.74) is 5.95. The first-order chi connectivity index (χ1) is 8.20. The Bertz CT molecular complexity index is 400. The van der Waals surface area contributed by atoms with Gasteiger partial charge in [0.05, 0.1) is 0 Å². The second-order valence-electron chi connectivity index (χ2n) is 4.54. The van der Waals surface area contributed by atoms with Crippen molar-refractivity contribution in [2.24, 2.45) is 11.7 Å². The van der Waals surface area contributed by atoms with Crippen molar-refractivity contribution < 1.29 is 0 Å². The number of amidine groups is 1. The van der Waals surface area contributed by atoms with Gasteiger partial charge in [-0.3, -0.25) is 5.41 Å². The Labute approximate surface area is 102 Å². The van der Waals surface area contributed by atoms with Crippen LogP contribution in [0.1, 0.15) is 31.9 Å². The maximum absolute atomic E-state index is 7.40. The molecule has 0 saturated heterocycles. The molecule has 1 saturated carbocycles. The molecular formula is C12H19N5. The summed E-state index contributed by atoms with van der Waals surface area (Å²) < 4.78 is 0. The van der Waals surface area contributed by atoms with Gasteiger partial charge in [-0.1, -0.05) is 6.92 Å². The first kappa shape index (κ1) is 11.8. The lowest BCUT2D eigenvalue weighted by Crippen LogP contribution is -2.29. The molecule has 1 fully saturated rings. The van der Waals surface area contributed by atoms with Gasteiger partial charge in [0.15, 0.2) is 0 Å². The fourth-order valence-electron chi connectivity index (χ4n) is 1.81. The van der Waals surface area contributed by atoms with Crippen LogP contribution in [0.15, 0.2) is 12.3 Å². The minimum Gasteiger partial charge on any atom is -0.382 e. The van der Waals surface area contributed by atoms with Gasteiger partial charge in [-0.2, -0.15) is 0 Å². The quantitative estimate of drug-likeness (QED) is 0.575. The van der Waals surface area contributed by atoms with Crippen molar-refractivity contribution in [3.05, 3.63) is 18.0 Å². The zero-order valence-electron chi connectivity index (χ0n) is 10.2. The first-order valence-electron chi connectivity index (χ1n) is 6.13. The number of rotatable bonds is 6. The highest BCUT2D eigenvalue weighted by Crippen LogP contribution is 2.30. The highest BCUT2D eigenvalue weighted by molar-refractivity contribution is 5.93. The summed E-state index contributed by atoms with van der Waals surface area (Å²) in [5.74, 6) is 1.49. The van der Waals surface area contributed by atoms with Crippen LogP contribution in [0.2, 0.25) is 0 Å². The van der Waals surface area contributed by atoms with Crippen molar-refractivity contribution in [1.29, 1.82) is 5.41 Å². The molecule has 5 heteroatoms. The normalized spacial score (nSPS) is 14.6. The maximum atomic E-state index is 7.40. The van der Waals surface area contributed by atoms with E-state index in [4.69, 9.17) is 11.1 Å². The number of nitrogens with one attached hydrogen (secondary N) is 1. The van der Waals surface area contributed by atoms with Crippen molar-refractivity contribution in [3.63, 3.8) is 0 Å². The van der Waals surface area contributed by atoms with E-state index in [-0.39, 0.29) is 5.84 Å². The third-order valence-electron chi connectivity index (χ3n) is 2.87. The Kier molecular flexibility index (Phi) is 3.56. The van der Waals surface area contributed by atoms with E-state index in [1.165, 1.54) is 12.8 Å². The molecule has 1 aromatic rings. The molecule has 0 radical (unpaired) electrons. The lowest BCUT2D eigenvalue weighted by molar-refractivity contribution is 0.688. The third kappa shape index (κ3) is 3.15. The number of hydrogen-bond donors (Lipinski definition) is 2. The molecule has 92 valence electrons. The smallest absolute Gasteiger partial charge is 0.225 e. The molecule has 0 aromatic carbocycles. The molecule has 0 spiro atoms. The Balaban J connectivity index is 2.15. The van der Waals surface area contributed by atoms with E-state index < -0.39 is 0 Å². The molecule has 17 heavy (non-hydrogen) atoms. The monoisotopic (exact) mass is 233 g/mol. The molecular weight excluding hydrogens is 214 g/mol. The van der Waals surface area contributed by atoms with Crippen LogP contribution in [-0.4, -0.2) is 28.9 Å². The van der Waals surface area contributed by atoms with Gasteiger partial charge < -0.3 is 10.6 Å². The van der Waals surface area contributed by atoms with Gasteiger partial charge in [0, 0.05) is 19.3 Å². The first-order valence-corrected chi connectivity index (χ1v) is 6.13. The zero-order chi connectivity index (χ0) is 12.3. The minimum absolute atomic E-state index is 0.00322. The van der Waals surface area contributed by atoms with Crippen molar-refractivity contribution >= 4 is 11.8 Å². The van der Waals surface area contributed by atoms with Gasteiger partial charge in [0.25, 0.3) is 0 Å². The lowest BCUT2D eigenvalue weighted by atomic mass is 10.3. The second kappa shape index (κ2) is 5.12. The molecule has 0 atom stereocenters. The zero-order valence-corrected chi connectivity index (χ0v) is 10.2. The molecule has 0 aliphatic heterocycles. The molecule has 3 N–H and O–H groups in total. The SMILES string of the molecule is CCCN(CC1CC1)c1nccc(C(=N)N)n1. The molecule has 0 bridgehead atoms. The summed E-state index contributed by atoms with van der Waals surface area (Å²) in [6.45, 7) is 4.13. The second-order valence-corrected chi connectivity index (χ2v) is 4.54. The van der Waals surface area contributed by atoms with Crippen LogP contribution in [0.3, 0.4) is 0 Å². The van der Waals surface area contributed by atoms with Crippen molar-refractivity contribution in [3.8, 4) is 0 Å². The van der Waals surface area contributed by atoms with Gasteiger partial charge in [-0.15, -0.1) is 0 Å². The number of aromatic nitrogens is 2. The summed E-state index contributed by atoms with van der Waals surface area (Å²) in [7, 11) is 0. The number of hydrogen-bond acceptors (Lipinski definition) is 4. The van der Waals surface area contributed by atoms with Crippen LogP contribution in [0, 0.1) is 11.3 Å². The van der Waals surface area contributed by atoms with Gasteiger partial charge in [-0.05, 0) is 31.2 Å². The van der Waals surface area contributed by atoms with E-state index in [1.54, 1.807) is 12.3 Å². The Morgan fingerprint density at radius 3 is 2.94 bits per heavy atom. The van der Waals surface area contributed by atoms with Crippen LogP contribution in [0.5, 0.6) is 0 Å². The predicted octanol–water partition coefficient (Wildman–Crippen LogP) is 1.39. The molecule has 1 aliphatic rings. The molecule has 2 rings (SSSR count). The molecule has 0 amide bonds. The Morgan fingerprint density at radius 2 is 2.35 bits per heavy atom. The molecule has 0 unspecified atom stereocenters. The Morgan fingerprint density at radius 1 is 1.59 bits per heavy atom. The van der Waals surface area contributed by atoms with Crippen LogP contribution in [0.25, 0.3) is 0 Å². The number of anilines is 1. The van der Waals surface area contributed by atoms with Gasteiger partial charge >= 0.3 is 0 Å². The molecule has 1 aromatic heterocycles. The van der Waals surface area contributed by atoms with Crippen LogP contribution in [-0.2, 0) is 0 Å². The predicted molar refractivity (Wildman–Crippen MR) is 68.3 cm³/mol. The van der Waals surface area contributed by atoms with E-state index >= 15 is 0 Å². The summed E-state index contributed by atoms with van der Waals surface area (Å²) in [5, 5.41) is 7.40. The van der Waals surface area contributed by atoms with E-state index in [0.29, 0.717) is 11.6 Å². The highest BCUT2D eigenvalue weighted by atomic mass is 15.3. The van der Waals surface area contributed by atoms with Crippen molar-refractivity contribution in [2.75, 3.05) is 18.0 Å². The summed E-state index contributed by atoms with van der Waals surface area (Å²) in [4.78, 5) is 10.8. The molecule has 5 nitrogen and oxygen atoms in total. The molecule has 1 heterocycles. The van der Waals surface area contributed by atoms with Crippen LogP contribution in [0.4, 0.5) is 5.95 Å². The van der Waals surface area contributed by atoms with Gasteiger partial charge in [0.2, 0.25) is 5.95 Å². The average molecular weight is 233 g/mol. The van der Waals surface area contributed by atoms with E-state index in [9.17, 15) is 0 Å². The third-order valence-corrected chi connectivity index (χ3v) is 2.87. The van der Waals surface area contributed by atoms with Crippen LogP contribution >= 0.6 is 0 Å². The Hall–Kier alpha value is -1.65. The van der Waals surface area contributed by atoms with Crippen molar-refractivity contribution in [1.82, 2.24) is 9.97 Å². The summed E-state index contributed by atoms with van der Waals surface area (Å²) in [6.07, 6.45) is 5.37. The largest absolute Gasteiger partial charge is 0.382 e. The van der Waals surface area contributed by atoms with Crippen LogP contribution < -0.4 is 10.6 Å². The van der Waals surface area contributed by atoms with E-state index in [1.807, 2.05) is 0 Å². The standard InChI is InChI=1S/C12H19N5/c1-2-7-17(8-9-3-4-9)12-15-6-5-10(16-12)11(13)14/h5-6,9H,2-4,7-8H2,1H3,(H3,13,14). The van der Waals surface area contributed by atoms with E-state index in [2.05, 4.69) is 21.8 Å². The van der Waals surface area contributed by atoms with Gasteiger partial charge in [-0.25, -0.2) is 9.97 Å². The minimum atomic E-state index is -0.00322. The molecule has 1 aliphatic carbocycles.